The molecule has 146 valence electrons. The van der Waals surface area contributed by atoms with Gasteiger partial charge in [-0.1, -0.05) is 0 Å². The molecule has 0 spiro atoms. The summed E-state index contributed by atoms with van der Waals surface area (Å²) in [5, 5.41) is 2.24. The van der Waals surface area contributed by atoms with Gasteiger partial charge in [-0.25, -0.2) is 13.8 Å². The van der Waals surface area contributed by atoms with Gasteiger partial charge in [-0.15, -0.1) is 11.3 Å². The fourth-order valence-corrected chi connectivity index (χ4v) is 4.35. The van der Waals surface area contributed by atoms with E-state index in [9.17, 15) is 13.6 Å². The Balaban J connectivity index is 1.75. The van der Waals surface area contributed by atoms with Gasteiger partial charge in [0.15, 0.2) is 0 Å². The number of primary amides is 1. The maximum atomic E-state index is 14.1. The Hall–Kier alpha value is -2.58. The van der Waals surface area contributed by atoms with Crippen LogP contribution in [0, 0.1) is 18.6 Å². The summed E-state index contributed by atoms with van der Waals surface area (Å²) < 4.78 is 35.0. The molecule has 3 aromatic rings. The molecule has 4 rings (SSSR count). The molecule has 0 saturated carbocycles. The number of benzene rings is 1. The zero-order chi connectivity index (χ0) is 19.8. The topological polar surface area (TPSA) is 70.1 Å². The minimum Gasteiger partial charge on any atom is -0.376 e. The number of hydrogen-bond donors (Lipinski definition) is 1. The predicted octanol–water partition coefficient (Wildman–Crippen LogP) is 4.14. The number of nitrogens with zero attached hydrogens (tertiary/aromatic N) is 2. The van der Waals surface area contributed by atoms with E-state index >= 15 is 0 Å². The second-order valence-corrected chi connectivity index (χ2v) is 7.66. The Morgan fingerprint density at radius 3 is 2.89 bits per heavy atom. The van der Waals surface area contributed by atoms with E-state index in [0.717, 1.165) is 36.9 Å². The summed E-state index contributed by atoms with van der Waals surface area (Å²) in [4.78, 5) is 16.4. The third kappa shape index (κ3) is 3.45. The van der Waals surface area contributed by atoms with Crippen molar-refractivity contribution in [2.45, 2.75) is 32.4 Å². The zero-order valence-corrected chi connectivity index (χ0v) is 16.1. The van der Waals surface area contributed by atoms with Crippen LogP contribution in [0.2, 0.25) is 0 Å². The van der Waals surface area contributed by atoms with E-state index < -0.39 is 17.5 Å². The van der Waals surface area contributed by atoms with E-state index in [1.165, 1.54) is 23.5 Å². The molecule has 8 heteroatoms. The molecule has 1 fully saturated rings. The van der Waals surface area contributed by atoms with Crippen molar-refractivity contribution in [1.82, 2.24) is 9.55 Å². The summed E-state index contributed by atoms with van der Waals surface area (Å²) in [7, 11) is 0. The summed E-state index contributed by atoms with van der Waals surface area (Å²) >= 11 is 1.26. The van der Waals surface area contributed by atoms with Crippen LogP contribution in [0.5, 0.6) is 0 Å². The van der Waals surface area contributed by atoms with Gasteiger partial charge >= 0.3 is 0 Å². The molecule has 1 aromatic carbocycles. The van der Waals surface area contributed by atoms with Crippen LogP contribution in [-0.2, 0) is 11.3 Å². The number of halogens is 2. The van der Waals surface area contributed by atoms with Gasteiger partial charge in [0, 0.05) is 35.9 Å². The second-order valence-electron chi connectivity index (χ2n) is 6.80. The van der Waals surface area contributed by atoms with Crippen molar-refractivity contribution in [2.24, 2.45) is 5.73 Å². The molecule has 2 N–H and O–H groups in total. The van der Waals surface area contributed by atoms with Crippen molar-refractivity contribution in [2.75, 3.05) is 6.61 Å². The van der Waals surface area contributed by atoms with Crippen molar-refractivity contribution >= 4 is 17.2 Å². The number of thiazole rings is 1. The average molecular weight is 403 g/mol. The molecule has 0 aliphatic carbocycles. The van der Waals surface area contributed by atoms with Gasteiger partial charge in [-0.2, -0.15) is 0 Å². The molecular formula is C20H19F2N3O2S. The molecule has 1 atom stereocenters. The second kappa shape index (κ2) is 7.44. The summed E-state index contributed by atoms with van der Waals surface area (Å²) in [5.41, 5.74) is 8.28. The number of ether oxygens (including phenoxy) is 1. The van der Waals surface area contributed by atoms with E-state index in [2.05, 4.69) is 4.98 Å². The van der Waals surface area contributed by atoms with Gasteiger partial charge in [0.25, 0.3) is 5.91 Å². The largest absolute Gasteiger partial charge is 0.376 e. The van der Waals surface area contributed by atoms with E-state index in [1.807, 2.05) is 11.5 Å². The Morgan fingerprint density at radius 2 is 2.21 bits per heavy atom. The van der Waals surface area contributed by atoms with Crippen LogP contribution < -0.4 is 5.73 Å². The average Bonchev–Trinajstić information content (AvgIpc) is 3.37. The number of hydrogen-bond acceptors (Lipinski definition) is 4. The normalized spacial score (nSPS) is 16.6. The summed E-state index contributed by atoms with van der Waals surface area (Å²) in [6, 6.07) is 5.13. The highest BCUT2D eigenvalue weighted by molar-refractivity contribution is 7.13. The van der Waals surface area contributed by atoms with Crippen LogP contribution in [-0.4, -0.2) is 28.2 Å². The monoisotopic (exact) mass is 403 g/mol. The Kier molecular flexibility index (Phi) is 4.99. The lowest BCUT2D eigenvalue weighted by molar-refractivity contribution is 0.0961. The quantitative estimate of drug-likeness (QED) is 0.696. The zero-order valence-electron chi connectivity index (χ0n) is 15.2. The number of carbonyl (C=O) groups excluding carboxylic acids is 1. The maximum absolute atomic E-state index is 14.1. The first-order valence-electron chi connectivity index (χ1n) is 8.97. The Labute approximate surface area is 164 Å². The smallest absolute Gasteiger partial charge is 0.250 e. The summed E-state index contributed by atoms with van der Waals surface area (Å²) in [5.74, 6) is -1.81. The van der Waals surface area contributed by atoms with Crippen molar-refractivity contribution in [3.8, 4) is 22.0 Å². The van der Waals surface area contributed by atoms with Crippen LogP contribution in [0.4, 0.5) is 8.78 Å². The molecule has 0 radical (unpaired) electrons. The van der Waals surface area contributed by atoms with E-state index in [1.54, 1.807) is 11.4 Å². The molecule has 1 aliphatic rings. The van der Waals surface area contributed by atoms with Gasteiger partial charge in [0.2, 0.25) is 0 Å². The van der Waals surface area contributed by atoms with Crippen molar-refractivity contribution in [3.05, 3.63) is 52.5 Å². The number of aromatic nitrogens is 2. The minimum atomic E-state index is -0.662. The lowest BCUT2D eigenvalue weighted by atomic mass is 10.2. The van der Waals surface area contributed by atoms with Crippen LogP contribution in [0.3, 0.4) is 0 Å². The molecule has 1 amide bonds. The standard InChI is InChI=1S/C20H19F2N3O2S/c1-11-15(19(23)26)8-18(25(11)9-13-3-2-6-27-13)17-10-28-20(24-17)14-5-4-12(21)7-16(14)22/h4-5,7-8,10,13H,2-3,6,9H2,1H3,(H2,23,26). The van der Waals surface area contributed by atoms with Crippen LogP contribution in [0.25, 0.3) is 22.0 Å². The third-order valence-electron chi connectivity index (χ3n) is 4.97. The summed E-state index contributed by atoms with van der Waals surface area (Å²) in [6.45, 7) is 3.16. The molecule has 5 nitrogen and oxygen atoms in total. The molecular weight excluding hydrogens is 384 g/mol. The van der Waals surface area contributed by atoms with Crippen molar-refractivity contribution in [1.29, 1.82) is 0 Å². The molecule has 1 unspecified atom stereocenters. The lowest BCUT2D eigenvalue weighted by Crippen LogP contribution is -2.18. The molecule has 2 aromatic heterocycles. The van der Waals surface area contributed by atoms with Gasteiger partial charge in [-0.05, 0) is 38.0 Å². The molecule has 3 heterocycles. The molecule has 1 saturated heterocycles. The highest BCUT2D eigenvalue weighted by atomic mass is 32.1. The van der Waals surface area contributed by atoms with Crippen molar-refractivity contribution in [3.63, 3.8) is 0 Å². The van der Waals surface area contributed by atoms with Crippen molar-refractivity contribution < 1.29 is 18.3 Å². The fourth-order valence-electron chi connectivity index (χ4n) is 3.51. The Bertz CT molecular complexity index is 1040. The van der Waals surface area contributed by atoms with E-state index in [-0.39, 0.29) is 11.7 Å². The maximum Gasteiger partial charge on any atom is 0.250 e. The first-order valence-corrected chi connectivity index (χ1v) is 9.85. The van der Waals surface area contributed by atoms with Gasteiger partial charge in [0.05, 0.1) is 23.1 Å². The first kappa shape index (κ1) is 18.8. The van der Waals surface area contributed by atoms with Gasteiger partial charge in [-0.3, -0.25) is 4.79 Å². The lowest BCUT2D eigenvalue weighted by Gasteiger charge is -2.15. The highest BCUT2D eigenvalue weighted by Gasteiger charge is 2.23. The third-order valence-corrected chi connectivity index (χ3v) is 5.85. The SMILES string of the molecule is Cc1c(C(N)=O)cc(-c2csc(-c3ccc(F)cc3F)n2)n1CC1CCCO1. The van der Waals surface area contributed by atoms with E-state index in [4.69, 9.17) is 10.5 Å². The minimum absolute atomic E-state index is 0.0678. The van der Waals surface area contributed by atoms with E-state index in [0.29, 0.717) is 22.8 Å². The Morgan fingerprint density at radius 1 is 1.39 bits per heavy atom. The van der Waals surface area contributed by atoms with Gasteiger partial charge in [0.1, 0.15) is 16.6 Å². The van der Waals surface area contributed by atoms with Gasteiger partial charge < -0.3 is 15.0 Å². The summed E-state index contributed by atoms with van der Waals surface area (Å²) in [6.07, 6.45) is 2.03. The highest BCUT2D eigenvalue weighted by Crippen LogP contribution is 2.33. The number of amides is 1. The first-order chi connectivity index (χ1) is 13.4. The molecule has 28 heavy (non-hydrogen) atoms. The predicted molar refractivity (Wildman–Crippen MR) is 103 cm³/mol. The number of rotatable bonds is 5. The van der Waals surface area contributed by atoms with Crippen LogP contribution in [0.1, 0.15) is 28.9 Å². The fraction of sp³-hybridized carbons (Fsp3) is 0.300. The number of nitrogens with two attached hydrogens (primary N) is 1. The van der Waals surface area contributed by atoms with Crippen LogP contribution in [0.15, 0.2) is 29.6 Å². The molecule has 0 bridgehead atoms. The van der Waals surface area contributed by atoms with Crippen LogP contribution >= 0.6 is 11.3 Å². The number of carbonyl (C=O) groups is 1. The molecule has 1 aliphatic heterocycles.